The zero-order valence-electron chi connectivity index (χ0n) is 9.74. The van der Waals surface area contributed by atoms with Crippen molar-refractivity contribution in [2.45, 2.75) is 26.8 Å². The number of phenolic OH excluding ortho intramolecular Hbond substituents is 1. The van der Waals surface area contributed by atoms with E-state index in [2.05, 4.69) is 20.8 Å². The van der Waals surface area contributed by atoms with E-state index in [1.807, 2.05) is 6.07 Å². The van der Waals surface area contributed by atoms with Crippen molar-refractivity contribution in [3.63, 3.8) is 0 Å². The highest BCUT2D eigenvalue weighted by Crippen LogP contribution is 2.34. The summed E-state index contributed by atoms with van der Waals surface area (Å²) in [4.78, 5) is 0. The number of rotatable bonds is 2. The Balaban J connectivity index is 3.06. The van der Waals surface area contributed by atoms with Gasteiger partial charge >= 0.3 is 0 Å². The largest absolute Gasteiger partial charge is 0.504 e. The first kappa shape index (κ1) is 11.9. The first-order chi connectivity index (χ1) is 6.86. The van der Waals surface area contributed by atoms with Crippen molar-refractivity contribution in [3.05, 3.63) is 23.8 Å². The van der Waals surface area contributed by atoms with Gasteiger partial charge in [-0.25, -0.2) is 0 Å². The molecule has 0 amide bonds. The molecule has 0 radical (unpaired) electrons. The van der Waals surface area contributed by atoms with Gasteiger partial charge in [0, 0.05) is 6.04 Å². The number of aromatic hydroxyl groups is 1. The Morgan fingerprint density at radius 1 is 1.33 bits per heavy atom. The van der Waals surface area contributed by atoms with Crippen LogP contribution in [0.25, 0.3) is 0 Å². The highest BCUT2D eigenvalue weighted by molar-refractivity contribution is 5.42. The summed E-state index contributed by atoms with van der Waals surface area (Å²) in [6, 6.07) is 5.14. The molecule has 1 atom stereocenters. The predicted octanol–water partition coefficient (Wildman–Crippen LogP) is 2.45. The molecule has 1 aromatic carbocycles. The summed E-state index contributed by atoms with van der Waals surface area (Å²) in [5.74, 6) is 0.606. The number of benzene rings is 1. The normalized spacial score (nSPS) is 13.7. The average molecular weight is 209 g/mol. The Labute approximate surface area is 90.9 Å². The number of ether oxygens (including phenoxy) is 1. The zero-order valence-corrected chi connectivity index (χ0v) is 9.74. The van der Waals surface area contributed by atoms with E-state index in [0.29, 0.717) is 5.75 Å². The number of methoxy groups -OCH3 is 1. The maximum Gasteiger partial charge on any atom is 0.160 e. The molecule has 0 aliphatic rings. The molecule has 0 spiro atoms. The second-order valence-corrected chi connectivity index (χ2v) is 4.77. The summed E-state index contributed by atoms with van der Waals surface area (Å²) < 4.78 is 5.04. The van der Waals surface area contributed by atoms with E-state index < -0.39 is 0 Å². The molecule has 0 aromatic heterocycles. The van der Waals surface area contributed by atoms with Crippen LogP contribution in [-0.2, 0) is 0 Å². The molecule has 3 N–H and O–H groups in total. The fourth-order valence-corrected chi connectivity index (χ4v) is 1.39. The maximum absolute atomic E-state index is 9.45. The number of hydrogen-bond donors (Lipinski definition) is 2. The van der Waals surface area contributed by atoms with Crippen LogP contribution in [0.1, 0.15) is 32.4 Å². The molecule has 84 valence electrons. The van der Waals surface area contributed by atoms with E-state index in [1.165, 1.54) is 7.11 Å². The highest BCUT2D eigenvalue weighted by atomic mass is 16.5. The Bertz CT molecular complexity index is 342. The molecule has 0 aliphatic heterocycles. The fourth-order valence-electron chi connectivity index (χ4n) is 1.39. The standard InChI is InChI=1S/C12H19NO2/c1-12(2,3)11(13)8-5-6-9(14)10(7-8)15-4/h5-7,11,14H,13H2,1-4H3/t11-/m0/s1. The van der Waals surface area contributed by atoms with Crippen molar-refractivity contribution in [2.75, 3.05) is 7.11 Å². The summed E-state index contributed by atoms with van der Waals surface area (Å²) in [6.07, 6.45) is 0. The van der Waals surface area contributed by atoms with Crippen molar-refractivity contribution in [1.82, 2.24) is 0 Å². The summed E-state index contributed by atoms with van der Waals surface area (Å²) in [5.41, 5.74) is 7.07. The van der Waals surface area contributed by atoms with Crippen LogP contribution in [0.5, 0.6) is 11.5 Å². The smallest absolute Gasteiger partial charge is 0.160 e. The van der Waals surface area contributed by atoms with Gasteiger partial charge < -0.3 is 15.6 Å². The lowest BCUT2D eigenvalue weighted by atomic mass is 9.83. The molecule has 0 aliphatic carbocycles. The van der Waals surface area contributed by atoms with Gasteiger partial charge in [-0.3, -0.25) is 0 Å². The van der Waals surface area contributed by atoms with E-state index in [1.54, 1.807) is 12.1 Å². The Morgan fingerprint density at radius 3 is 2.40 bits per heavy atom. The van der Waals surface area contributed by atoms with Gasteiger partial charge in [0.25, 0.3) is 0 Å². The lowest BCUT2D eigenvalue weighted by Gasteiger charge is -2.27. The van der Waals surface area contributed by atoms with E-state index in [9.17, 15) is 5.11 Å². The van der Waals surface area contributed by atoms with Crippen LogP contribution in [-0.4, -0.2) is 12.2 Å². The lowest BCUT2D eigenvalue weighted by Crippen LogP contribution is -2.26. The van der Waals surface area contributed by atoms with Gasteiger partial charge in [-0.2, -0.15) is 0 Å². The van der Waals surface area contributed by atoms with Gasteiger partial charge in [0.05, 0.1) is 7.11 Å². The summed E-state index contributed by atoms with van der Waals surface area (Å²) >= 11 is 0. The van der Waals surface area contributed by atoms with Crippen LogP contribution in [0, 0.1) is 5.41 Å². The van der Waals surface area contributed by atoms with Crippen molar-refractivity contribution in [3.8, 4) is 11.5 Å². The second kappa shape index (κ2) is 4.11. The summed E-state index contributed by atoms with van der Waals surface area (Å²) in [7, 11) is 1.53. The van der Waals surface area contributed by atoms with E-state index >= 15 is 0 Å². The van der Waals surface area contributed by atoms with Gasteiger partial charge in [-0.15, -0.1) is 0 Å². The molecule has 3 heteroatoms. The van der Waals surface area contributed by atoms with Gasteiger partial charge in [-0.1, -0.05) is 26.8 Å². The minimum Gasteiger partial charge on any atom is -0.504 e. The fraction of sp³-hybridized carbons (Fsp3) is 0.500. The first-order valence-corrected chi connectivity index (χ1v) is 4.98. The second-order valence-electron chi connectivity index (χ2n) is 4.77. The zero-order chi connectivity index (χ0) is 11.6. The van der Waals surface area contributed by atoms with Crippen LogP contribution in [0.2, 0.25) is 0 Å². The van der Waals surface area contributed by atoms with E-state index in [4.69, 9.17) is 10.5 Å². The monoisotopic (exact) mass is 209 g/mol. The predicted molar refractivity (Wildman–Crippen MR) is 61.0 cm³/mol. The van der Waals surface area contributed by atoms with Crippen molar-refractivity contribution < 1.29 is 9.84 Å². The van der Waals surface area contributed by atoms with Crippen molar-refractivity contribution >= 4 is 0 Å². The molecule has 0 heterocycles. The topological polar surface area (TPSA) is 55.5 Å². The molecule has 1 aromatic rings. The third-order valence-corrected chi connectivity index (χ3v) is 2.50. The van der Waals surface area contributed by atoms with Crippen LogP contribution in [0.4, 0.5) is 0 Å². The van der Waals surface area contributed by atoms with Gasteiger partial charge in [0.15, 0.2) is 11.5 Å². The molecular weight excluding hydrogens is 190 g/mol. The quantitative estimate of drug-likeness (QED) is 0.786. The van der Waals surface area contributed by atoms with Crippen LogP contribution < -0.4 is 10.5 Å². The van der Waals surface area contributed by atoms with E-state index in [-0.39, 0.29) is 17.2 Å². The SMILES string of the molecule is COc1cc([C@H](N)C(C)(C)C)ccc1O. The molecule has 0 saturated carbocycles. The first-order valence-electron chi connectivity index (χ1n) is 4.98. The number of phenols is 1. The minimum atomic E-state index is -0.0769. The van der Waals surface area contributed by atoms with Gasteiger partial charge in [-0.05, 0) is 23.1 Å². The number of hydrogen-bond acceptors (Lipinski definition) is 3. The molecule has 0 saturated heterocycles. The molecular formula is C12H19NO2. The molecule has 1 rings (SSSR count). The van der Waals surface area contributed by atoms with Crippen LogP contribution in [0.3, 0.4) is 0 Å². The Morgan fingerprint density at radius 2 is 1.93 bits per heavy atom. The third kappa shape index (κ3) is 2.63. The van der Waals surface area contributed by atoms with Crippen LogP contribution >= 0.6 is 0 Å². The van der Waals surface area contributed by atoms with Crippen LogP contribution in [0.15, 0.2) is 18.2 Å². The summed E-state index contributed by atoms with van der Waals surface area (Å²) in [6.45, 7) is 6.24. The highest BCUT2D eigenvalue weighted by Gasteiger charge is 2.22. The molecule has 0 fully saturated rings. The lowest BCUT2D eigenvalue weighted by molar-refractivity contribution is 0.324. The molecule has 15 heavy (non-hydrogen) atoms. The van der Waals surface area contributed by atoms with Gasteiger partial charge in [0.1, 0.15) is 0 Å². The van der Waals surface area contributed by atoms with Crippen molar-refractivity contribution in [1.29, 1.82) is 0 Å². The van der Waals surface area contributed by atoms with Crippen molar-refractivity contribution in [2.24, 2.45) is 11.1 Å². The Hall–Kier alpha value is -1.22. The average Bonchev–Trinajstić information content (AvgIpc) is 2.16. The maximum atomic E-state index is 9.45. The number of nitrogens with two attached hydrogens (primary N) is 1. The molecule has 0 bridgehead atoms. The molecule has 3 nitrogen and oxygen atoms in total. The summed E-state index contributed by atoms with van der Waals surface area (Å²) in [5, 5.41) is 9.45. The molecule has 0 unspecified atom stereocenters. The minimum absolute atomic E-state index is 0.0119. The Kier molecular flexibility index (Phi) is 3.25. The van der Waals surface area contributed by atoms with Gasteiger partial charge in [0.2, 0.25) is 0 Å². The van der Waals surface area contributed by atoms with E-state index in [0.717, 1.165) is 5.56 Å². The third-order valence-electron chi connectivity index (χ3n) is 2.50.